The zero-order valence-corrected chi connectivity index (χ0v) is 14.9. The zero-order chi connectivity index (χ0) is 18.5. The summed E-state index contributed by atoms with van der Waals surface area (Å²) in [7, 11) is 0. The highest BCUT2D eigenvalue weighted by Gasteiger charge is 2.39. The van der Waals surface area contributed by atoms with E-state index in [1.807, 2.05) is 18.2 Å². The molecule has 0 radical (unpaired) electrons. The number of nitrogens with one attached hydrogen (secondary N) is 1. The highest BCUT2D eigenvalue weighted by atomic mass is 16.2. The van der Waals surface area contributed by atoms with Gasteiger partial charge in [-0.25, -0.2) is 0 Å². The molecule has 0 aromatic heterocycles. The van der Waals surface area contributed by atoms with Gasteiger partial charge in [-0.2, -0.15) is 0 Å². The minimum absolute atomic E-state index is 0.130. The molecule has 3 aliphatic rings. The van der Waals surface area contributed by atoms with Crippen molar-refractivity contribution < 1.29 is 14.4 Å². The molecule has 2 aliphatic heterocycles. The Hall–Kier alpha value is -2.95. The molecule has 1 saturated carbocycles. The molecule has 1 N–H and O–H groups in total. The fraction of sp³-hybridized carbons (Fsp3) is 0.318. The van der Waals surface area contributed by atoms with Crippen LogP contribution < -0.4 is 5.32 Å². The fourth-order valence-electron chi connectivity index (χ4n) is 4.12. The summed E-state index contributed by atoms with van der Waals surface area (Å²) < 4.78 is 0. The number of hydrogen-bond donors (Lipinski definition) is 1. The molecular formula is C22H20N2O3. The molecule has 1 atom stereocenters. The van der Waals surface area contributed by atoms with Crippen LogP contribution in [0.5, 0.6) is 0 Å². The summed E-state index contributed by atoms with van der Waals surface area (Å²) >= 11 is 0. The van der Waals surface area contributed by atoms with E-state index in [9.17, 15) is 14.4 Å². The SMILES string of the molecule is O=C1CCC(N2Cc3cc(-c4ccc(C5CC5)cc4)ccc3C2=O)C(=O)N1. The van der Waals surface area contributed by atoms with Crippen LogP contribution in [0.2, 0.25) is 0 Å². The second-order valence-corrected chi connectivity index (χ2v) is 7.67. The number of fused-ring (bicyclic) bond motifs is 1. The summed E-state index contributed by atoms with van der Waals surface area (Å²) in [5.41, 5.74) is 5.20. The van der Waals surface area contributed by atoms with Gasteiger partial charge in [-0.05, 0) is 59.6 Å². The number of hydrogen-bond acceptors (Lipinski definition) is 3. The molecule has 3 amide bonds. The van der Waals surface area contributed by atoms with Gasteiger partial charge in [-0.15, -0.1) is 0 Å². The van der Waals surface area contributed by atoms with Crippen LogP contribution >= 0.6 is 0 Å². The van der Waals surface area contributed by atoms with Crippen molar-refractivity contribution in [2.45, 2.75) is 44.2 Å². The van der Waals surface area contributed by atoms with E-state index < -0.39 is 6.04 Å². The number of amides is 3. The summed E-state index contributed by atoms with van der Waals surface area (Å²) in [5, 5.41) is 2.34. The van der Waals surface area contributed by atoms with E-state index >= 15 is 0 Å². The summed E-state index contributed by atoms with van der Waals surface area (Å²) in [4.78, 5) is 37.9. The van der Waals surface area contributed by atoms with Gasteiger partial charge < -0.3 is 4.90 Å². The van der Waals surface area contributed by atoms with E-state index in [-0.39, 0.29) is 24.1 Å². The molecule has 27 heavy (non-hydrogen) atoms. The van der Waals surface area contributed by atoms with Crippen molar-refractivity contribution in [1.29, 1.82) is 0 Å². The van der Waals surface area contributed by atoms with E-state index in [0.29, 0.717) is 18.5 Å². The van der Waals surface area contributed by atoms with Gasteiger partial charge in [0.25, 0.3) is 5.91 Å². The largest absolute Gasteiger partial charge is 0.322 e. The zero-order valence-electron chi connectivity index (χ0n) is 14.9. The van der Waals surface area contributed by atoms with Crippen LogP contribution in [0.15, 0.2) is 42.5 Å². The third kappa shape index (κ3) is 2.83. The third-order valence-electron chi connectivity index (χ3n) is 5.82. The molecule has 5 nitrogen and oxygen atoms in total. The number of carbonyl (C=O) groups is 3. The Morgan fingerprint density at radius 1 is 0.889 bits per heavy atom. The van der Waals surface area contributed by atoms with Crippen LogP contribution in [0.25, 0.3) is 11.1 Å². The smallest absolute Gasteiger partial charge is 0.255 e. The minimum Gasteiger partial charge on any atom is -0.322 e. The van der Waals surface area contributed by atoms with E-state index in [1.165, 1.54) is 18.4 Å². The predicted octanol–water partition coefficient (Wildman–Crippen LogP) is 2.99. The maximum absolute atomic E-state index is 12.8. The number of imide groups is 1. The second-order valence-electron chi connectivity index (χ2n) is 7.67. The van der Waals surface area contributed by atoms with Crippen molar-refractivity contribution >= 4 is 17.7 Å². The lowest BCUT2D eigenvalue weighted by molar-refractivity contribution is -0.136. The minimum atomic E-state index is -0.566. The fourth-order valence-corrected chi connectivity index (χ4v) is 4.12. The second kappa shape index (κ2) is 6.05. The van der Waals surface area contributed by atoms with Gasteiger partial charge in [0, 0.05) is 18.5 Å². The Morgan fingerprint density at radius 2 is 1.63 bits per heavy atom. The van der Waals surface area contributed by atoms with Gasteiger partial charge in [-0.3, -0.25) is 19.7 Å². The molecule has 1 aliphatic carbocycles. The average molecular weight is 360 g/mol. The quantitative estimate of drug-likeness (QED) is 0.856. The van der Waals surface area contributed by atoms with Gasteiger partial charge in [0.05, 0.1) is 0 Å². The highest BCUT2D eigenvalue weighted by molar-refractivity contribution is 6.05. The Balaban J connectivity index is 1.40. The summed E-state index contributed by atoms with van der Waals surface area (Å²) in [6.07, 6.45) is 3.24. The molecule has 2 aromatic carbocycles. The van der Waals surface area contributed by atoms with Crippen molar-refractivity contribution in [1.82, 2.24) is 10.2 Å². The van der Waals surface area contributed by atoms with Crippen LogP contribution in [0.4, 0.5) is 0 Å². The summed E-state index contributed by atoms with van der Waals surface area (Å²) in [6.45, 7) is 0.411. The molecule has 2 fully saturated rings. The van der Waals surface area contributed by atoms with Crippen LogP contribution in [0.3, 0.4) is 0 Å². The molecule has 2 heterocycles. The molecule has 5 heteroatoms. The molecule has 136 valence electrons. The maximum Gasteiger partial charge on any atom is 0.255 e. The lowest BCUT2D eigenvalue weighted by Gasteiger charge is -2.29. The number of nitrogens with zero attached hydrogens (tertiary/aromatic N) is 1. The topological polar surface area (TPSA) is 66.5 Å². The van der Waals surface area contributed by atoms with Gasteiger partial charge in [-0.1, -0.05) is 30.3 Å². The van der Waals surface area contributed by atoms with Crippen molar-refractivity contribution in [3.8, 4) is 11.1 Å². The third-order valence-corrected chi connectivity index (χ3v) is 5.82. The Bertz CT molecular complexity index is 960. The molecule has 5 rings (SSSR count). The monoisotopic (exact) mass is 360 g/mol. The lowest BCUT2D eigenvalue weighted by Crippen LogP contribution is -2.52. The van der Waals surface area contributed by atoms with Crippen LogP contribution in [-0.2, 0) is 16.1 Å². The van der Waals surface area contributed by atoms with Gasteiger partial charge in [0.2, 0.25) is 11.8 Å². The van der Waals surface area contributed by atoms with Gasteiger partial charge in [0.1, 0.15) is 6.04 Å². The highest BCUT2D eigenvalue weighted by Crippen LogP contribution is 2.40. The number of carbonyl (C=O) groups excluding carboxylic acids is 3. The number of piperidine rings is 1. The lowest BCUT2D eigenvalue weighted by atomic mass is 9.99. The molecule has 0 spiro atoms. The van der Waals surface area contributed by atoms with E-state index in [0.717, 1.165) is 22.6 Å². The first kappa shape index (κ1) is 16.2. The van der Waals surface area contributed by atoms with Gasteiger partial charge in [0.15, 0.2) is 0 Å². The summed E-state index contributed by atoms with van der Waals surface area (Å²) in [5.74, 6) is -0.0328. The maximum atomic E-state index is 12.8. The van der Waals surface area contributed by atoms with Crippen LogP contribution in [-0.4, -0.2) is 28.7 Å². The predicted molar refractivity (Wildman–Crippen MR) is 99.9 cm³/mol. The Morgan fingerprint density at radius 3 is 2.33 bits per heavy atom. The standard InChI is InChI=1S/C22H20N2O3/c25-20-10-9-19(21(26)23-20)24-12-17-11-16(7-8-18(17)22(24)27)15-5-3-14(4-6-15)13-1-2-13/h3-8,11,13,19H,1-2,9-10,12H2,(H,23,25,26). The normalized spacial score (nSPS) is 22.0. The molecule has 2 aromatic rings. The van der Waals surface area contributed by atoms with E-state index in [4.69, 9.17) is 0 Å². The van der Waals surface area contributed by atoms with Crippen molar-refractivity contribution in [3.05, 3.63) is 59.2 Å². The Labute approximate surface area is 157 Å². The average Bonchev–Trinajstić information content (AvgIpc) is 3.47. The number of rotatable bonds is 3. The molecule has 0 bridgehead atoms. The first-order chi connectivity index (χ1) is 13.1. The van der Waals surface area contributed by atoms with E-state index in [1.54, 1.807) is 4.90 Å². The first-order valence-corrected chi connectivity index (χ1v) is 9.48. The molecular weight excluding hydrogens is 340 g/mol. The Kier molecular flexibility index (Phi) is 3.64. The van der Waals surface area contributed by atoms with Crippen molar-refractivity contribution in [2.75, 3.05) is 0 Å². The van der Waals surface area contributed by atoms with Crippen LogP contribution in [0, 0.1) is 0 Å². The molecule has 1 saturated heterocycles. The van der Waals surface area contributed by atoms with E-state index in [2.05, 4.69) is 29.6 Å². The van der Waals surface area contributed by atoms with Crippen LogP contribution in [0.1, 0.15) is 53.1 Å². The number of benzene rings is 2. The summed E-state index contributed by atoms with van der Waals surface area (Å²) in [6, 6.07) is 14.0. The van der Waals surface area contributed by atoms with Crippen molar-refractivity contribution in [2.24, 2.45) is 0 Å². The van der Waals surface area contributed by atoms with Crippen molar-refractivity contribution in [3.63, 3.8) is 0 Å². The van der Waals surface area contributed by atoms with Gasteiger partial charge >= 0.3 is 0 Å². The first-order valence-electron chi connectivity index (χ1n) is 9.48. The molecule has 1 unspecified atom stereocenters.